The van der Waals surface area contributed by atoms with E-state index < -0.39 is 0 Å². The van der Waals surface area contributed by atoms with Crippen molar-refractivity contribution in [3.05, 3.63) is 47.7 Å². The minimum absolute atomic E-state index is 0.0142. The van der Waals surface area contributed by atoms with E-state index >= 15 is 0 Å². The summed E-state index contributed by atoms with van der Waals surface area (Å²) in [6, 6.07) is 9.81. The molecule has 1 heterocycles. The average Bonchev–Trinajstić information content (AvgIpc) is 3.12. The lowest BCUT2D eigenvalue weighted by molar-refractivity contribution is -0.126. The predicted molar refractivity (Wildman–Crippen MR) is 100.0 cm³/mol. The summed E-state index contributed by atoms with van der Waals surface area (Å²) in [7, 11) is 0. The molecule has 7 nitrogen and oxygen atoms in total. The molecule has 0 spiro atoms. The molecular weight excluding hydrogens is 344 g/mol. The number of aromatic nitrogens is 2. The van der Waals surface area contributed by atoms with Crippen molar-refractivity contribution in [2.24, 2.45) is 0 Å². The molecular formula is C20H26N4O3. The van der Waals surface area contributed by atoms with Crippen LogP contribution in [0.4, 0.5) is 0 Å². The number of carbonyl (C=O) groups is 2. The molecule has 2 N–H and O–H groups in total. The Kier molecular flexibility index (Phi) is 6.57. The Bertz CT molecular complexity index is 754. The maximum atomic E-state index is 12.4. The fourth-order valence-corrected chi connectivity index (χ4v) is 3.45. The molecule has 7 heteroatoms. The molecule has 1 aliphatic rings. The van der Waals surface area contributed by atoms with Crippen LogP contribution >= 0.6 is 0 Å². The van der Waals surface area contributed by atoms with E-state index in [1.165, 1.54) is 6.42 Å². The molecule has 0 saturated heterocycles. The first-order chi connectivity index (χ1) is 13.1. The Labute approximate surface area is 158 Å². The number of nitrogens with zero attached hydrogens (tertiary/aromatic N) is 2. The smallest absolute Gasteiger partial charge is 0.239 e. The van der Waals surface area contributed by atoms with Crippen LogP contribution in [-0.2, 0) is 9.59 Å². The quantitative estimate of drug-likeness (QED) is 0.780. The van der Waals surface area contributed by atoms with Crippen LogP contribution in [0.5, 0.6) is 0 Å². The van der Waals surface area contributed by atoms with Crippen LogP contribution < -0.4 is 10.6 Å². The number of amides is 2. The summed E-state index contributed by atoms with van der Waals surface area (Å²) in [5.41, 5.74) is 0.919. The lowest BCUT2D eigenvalue weighted by atomic mass is 9.95. The second kappa shape index (κ2) is 9.30. The summed E-state index contributed by atoms with van der Waals surface area (Å²) in [5.74, 6) is 0.158. The average molecular weight is 370 g/mol. The van der Waals surface area contributed by atoms with Gasteiger partial charge in [0, 0.05) is 19.4 Å². The zero-order valence-corrected chi connectivity index (χ0v) is 15.6. The molecule has 0 radical (unpaired) electrons. The van der Waals surface area contributed by atoms with Gasteiger partial charge in [-0.1, -0.05) is 49.6 Å². The molecule has 0 bridgehead atoms. The number of carbonyl (C=O) groups excluding carboxylic acids is 2. The predicted octanol–water partition coefficient (Wildman–Crippen LogP) is 2.47. The summed E-state index contributed by atoms with van der Waals surface area (Å²) in [4.78, 5) is 24.5. The molecule has 144 valence electrons. The number of nitrogens with one attached hydrogen (secondary N) is 2. The lowest BCUT2D eigenvalue weighted by Crippen LogP contribution is -2.42. The van der Waals surface area contributed by atoms with Crippen LogP contribution in [0.25, 0.3) is 0 Å². The van der Waals surface area contributed by atoms with E-state index in [9.17, 15) is 9.59 Å². The highest BCUT2D eigenvalue weighted by atomic mass is 16.4. The highest BCUT2D eigenvalue weighted by Gasteiger charge is 2.24. The van der Waals surface area contributed by atoms with Gasteiger partial charge in [-0.05, 0) is 18.4 Å². The van der Waals surface area contributed by atoms with E-state index in [-0.39, 0.29) is 36.7 Å². The van der Waals surface area contributed by atoms with Crippen LogP contribution in [0.1, 0.15) is 61.8 Å². The van der Waals surface area contributed by atoms with E-state index in [1.807, 2.05) is 30.3 Å². The van der Waals surface area contributed by atoms with Crippen LogP contribution in [0.2, 0.25) is 0 Å². The van der Waals surface area contributed by atoms with Gasteiger partial charge in [0.1, 0.15) is 0 Å². The maximum absolute atomic E-state index is 12.4. The maximum Gasteiger partial charge on any atom is 0.239 e. The normalized spacial score (nSPS) is 15.9. The van der Waals surface area contributed by atoms with Crippen LogP contribution in [0.3, 0.4) is 0 Å². The molecule has 1 unspecified atom stereocenters. The Balaban J connectivity index is 1.55. The van der Waals surface area contributed by atoms with Crippen LogP contribution in [-0.4, -0.2) is 34.6 Å². The van der Waals surface area contributed by atoms with Crippen molar-refractivity contribution in [2.75, 3.05) is 6.54 Å². The molecule has 2 aromatic rings. The Hall–Kier alpha value is -2.70. The third-order valence-corrected chi connectivity index (χ3v) is 4.85. The first-order valence-electron chi connectivity index (χ1n) is 9.53. The largest absolute Gasteiger partial charge is 0.425 e. The van der Waals surface area contributed by atoms with E-state index in [0.29, 0.717) is 11.8 Å². The SMILES string of the molecule is Cc1nnc(C(CC(=O)NCC(=O)NC2CCCCC2)c2ccccc2)o1. The number of aryl methyl sites for hydroxylation is 1. The molecule has 1 aromatic carbocycles. The molecule has 1 fully saturated rings. The summed E-state index contributed by atoms with van der Waals surface area (Å²) >= 11 is 0. The van der Waals surface area contributed by atoms with Crippen molar-refractivity contribution in [3.63, 3.8) is 0 Å². The van der Waals surface area contributed by atoms with Crippen molar-refractivity contribution in [1.29, 1.82) is 0 Å². The number of hydrogen-bond acceptors (Lipinski definition) is 5. The molecule has 1 atom stereocenters. The van der Waals surface area contributed by atoms with Crippen LogP contribution in [0.15, 0.2) is 34.7 Å². The fourth-order valence-electron chi connectivity index (χ4n) is 3.45. The first-order valence-corrected chi connectivity index (χ1v) is 9.53. The van der Waals surface area contributed by atoms with E-state index in [4.69, 9.17) is 4.42 Å². The van der Waals surface area contributed by atoms with Gasteiger partial charge >= 0.3 is 0 Å². The summed E-state index contributed by atoms with van der Waals surface area (Å²) < 4.78 is 5.55. The standard InChI is InChI=1S/C20H26N4O3/c1-14-23-24-20(27-14)17(15-8-4-2-5-9-15)12-18(25)21-13-19(26)22-16-10-6-3-7-11-16/h2,4-5,8-9,16-17H,3,6-7,10-13H2,1H3,(H,21,25)(H,22,26). The van der Waals surface area contributed by atoms with Crippen molar-refractivity contribution in [1.82, 2.24) is 20.8 Å². The Morgan fingerprint density at radius 1 is 1.11 bits per heavy atom. The molecule has 1 saturated carbocycles. The molecule has 3 rings (SSSR count). The van der Waals surface area contributed by atoms with Crippen molar-refractivity contribution >= 4 is 11.8 Å². The second-order valence-electron chi connectivity index (χ2n) is 7.01. The van der Waals surface area contributed by atoms with Gasteiger partial charge in [-0.15, -0.1) is 10.2 Å². The molecule has 2 amide bonds. The lowest BCUT2D eigenvalue weighted by Gasteiger charge is -2.22. The molecule has 0 aliphatic heterocycles. The number of hydrogen-bond donors (Lipinski definition) is 2. The number of benzene rings is 1. The third kappa shape index (κ3) is 5.64. The van der Waals surface area contributed by atoms with Gasteiger partial charge in [0.05, 0.1) is 12.5 Å². The zero-order chi connectivity index (χ0) is 19.1. The highest BCUT2D eigenvalue weighted by Crippen LogP contribution is 2.26. The topological polar surface area (TPSA) is 97.1 Å². The van der Waals surface area contributed by atoms with E-state index in [0.717, 1.165) is 31.2 Å². The zero-order valence-electron chi connectivity index (χ0n) is 15.6. The highest BCUT2D eigenvalue weighted by molar-refractivity contribution is 5.85. The van der Waals surface area contributed by atoms with E-state index in [1.54, 1.807) is 6.92 Å². The van der Waals surface area contributed by atoms with Gasteiger partial charge in [-0.3, -0.25) is 9.59 Å². The van der Waals surface area contributed by atoms with Crippen molar-refractivity contribution in [2.45, 2.75) is 57.4 Å². The Morgan fingerprint density at radius 2 is 1.85 bits per heavy atom. The minimum Gasteiger partial charge on any atom is -0.425 e. The van der Waals surface area contributed by atoms with Gasteiger partial charge in [-0.25, -0.2) is 0 Å². The fraction of sp³-hybridized carbons (Fsp3) is 0.500. The number of rotatable bonds is 7. The summed E-state index contributed by atoms with van der Waals surface area (Å²) in [5, 5.41) is 13.6. The van der Waals surface area contributed by atoms with Crippen molar-refractivity contribution < 1.29 is 14.0 Å². The minimum atomic E-state index is -0.339. The van der Waals surface area contributed by atoms with Gasteiger partial charge in [0.15, 0.2) is 0 Å². The molecule has 27 heavy (non-hydrogen) atoms. The summed E-state index contributed by atoms with van der Waals surface area (Å²) in [6.07, 6.45) is 5.72. The molecule has 1 aliphatic carbocycles. The Morgan fingerprint density at radius 3 is 2.52 bits per heavy atom. The van der Waals surface area contributed by atoms with Gasteiger partial charge in [0.25, 0.3) is 0 Å². The van der Waals surface area contributed by atoms with E-state index in [2.05, 4.69) is 20.8 Å². The third-order valence-electron chi connectivity index (χ3n) is 4.85. The summed E-state index contributed by atoms with van der Waals surface area (Å²) in [6.45, 7) is 1.70. The van der Waals surface area contributed by atoms with Crippen LogP contribution in [0, 0.1) is 6.92 Å². The monoisotopic (exact) mass is 370 g/mol. The van der Waals surface area contributed by atoms with Gasteiger partial charge in [0.2, 0.25) is 23.6 Å². The first kappa shape index (κ1) is 19.1. The molecule has 1 aromatic heterocycles. The van der Waals surface area contributed by atoms with Gasteiger partial charge < -0.3 is 15.1 Å². The van der Waals surface area contributed by atoms with Crippen molar-refractivity contribution in [3.8, 4) is 0 Å². The second-order valence-corrected chi connectivity index (χ2v) is 7.01. The van der Waals surface area contributed by atoms with Gasteiger partial charge in [-0.2, -0.15) is 0 Å².